The zero-order chi connectivity index (χ0) is 20.1. The molecular weight excluding hydrogens is 350 g/mol. The second-order valence-corrected chi connectivity index (χ2v) is 7.45. The summed E-state index contributed by atoms with van der Waals surface area (Å²) in [6.07, 6.45) is 2.74. The zero-order valence-corrected chi connectivity index (χ0v) is 16.9. The maximum Gasteiger partial charge on any atom is 0.243 e. The highest BCUT2D eigenvalue weighted by Gasteiger charge is 2.32. The minimum absolute atomic E-state index is 0.0299. The summed E-state index contributed by atoms with van der Waals surface area (Å²) in [7, 11) is 4.00. The lowest BCUT2D eigenvalue weighted by Gasteiger charge is -2.30. The maximum atomic E-state index is 13.0. The minimum Gasteiger partial charge on any atom is -0.378 e. The fourth-order valence-electron chi connectivity index (χ4n) is 3.69. The van der Waals surface area contributed by atoms with Crippen LogP contribution in [0.15, 0.2) is 48.5 Å². The predicted molar refractivity (Wildman–Crippen MR) is 114 cm³/mol. The van der Waals surface area contributed by atoms with Crippen molar-refractivity contribution in [2.75, 3.05) is 23.9 Å². The molecule has 0 spiro atoms. The van der Waals surface area contributed by atoms with Crippen molar-refractivity contribution in [2.45, 2.75) is 45.2 Å². The molecule has 0 saturated heterocycles. The second-order valence-electron chi connectivity index (χ2n) is 7.45. The van der Waals surface area contributed by atoms with Gasteiger partial charge in [0.05, 0.1) is 0 Å². The summed E-state index contributed by atoms with van der Waals surface area (Å²) >= 11 is 0. The SMILES string of the molecule is CC[C@H](C(=O)NCc1ccc(N(C)C)cc1)N1C(=O)CCCc2ccccc21. The number of carbonyl (C=O) groups is 2. The van der Waals surface area contributed by atoms with Gasteiger partial charge in [-0.15, -0.1) is 0 Å². The molecular formula is C23H29N3O2. The summed E-state index contributed by atoms with van der Waals surface area (Å²) in [6, 6.07) is 15.5. The first kappa shape index (κ1) is 19.9. The van der Waals surface area contributed by atoms with Gasteiger partial charge in [-0.25, -0.2) is 0 Å². The first-order valence-corrected chi connectivity index (χ1v) is 9.95. The van der Waals surface area contributed by atoms with Crippen LogP contribution in [0, 0.1) is 0 Å². The molecule has 5 heteroatoms. The van der Waals surface area contributed by atoms with Crippen LogP contribution < -0.4 is 15.1 Å². The molecule has 148 valence electrons. The Bertz CT molecular complexity index is 830. The number of hydrogen-bond donors (Lipinski definition) is 1. The fourth-order valence-corrected chi connectivity index (χ4v) is 3.69. The van der Waals surface area contributed by atoms with Crippen LogP contribution in [0.3, 0.4) is 0 Å². The van der Waals surface area contributed by atoms with E-state index in [1.807, 2.05) is 68.4 Å². The molecule has 0 bridgehead atoms. The van der Waals surface area contributed by atoms with E-state index in [0.717, 1.165) is 35.3 Å². The highest BCUT2D eigenvalue weighted by atomic mass is 16.2. The van der Waals surface area contributed by atoms with Gasteiger partial charge < -0.3 is 10.2 Å². The predicted octanol–water partition coefficient (Wildman–Crippen LogP) is 3.52. The number of nitrogens with one attached hydrogen (secondary N) is 1. The van der Waals surface area contributed by atoms with E-state index in [2.05, 4.69) is 11.4 Å². The number of fused-ring (bicyclic) bond motifs is 1. The minimum atomic E-state index is -0.493. The molecule has 0 saturated carbocycles. The number of amides is 2. The van der Waals surface area contributed by atoms with Crippen molar-refractivity contribution in [1.82, 2.24) is 5.32 Å². The summed E-state index contributed by atoms with van der Waals surface area (Å²) in [6.45, 7) is 2.41. The number of aryl methyl sites for hydroxylation is 1. The van der Waals surface area contributed by atoms with E-state index in [-0.39, 0.29) is 11.8 Å². The van der Waals surface area contributed by atoms with Crippen LogP contribution in [-0.2, 0) is 22.6 Å². The van der Waals surface area contributed by atoms with E-state index in [9.17, 15) is 9.59 Å². The standard InChI is InChI=1S/C23H29N3O2/c1-4-20(23(28)24-16-17-12-14-19(15-13-17)25(2)3)26-21-10-6-5-8-18(21)9-7-11-22(26)27/h5-6,8,10,12-15,20H,4,7,9,11,16H2,1-3H3,(H,24,28)/t20-/m1/s1. The first-order chi connectivity index (χ1) is 13.5. The lowest BCUT2D eigenvalue weighted by atomic mass is 10.1. The van der Waals surface area contributed by atoms with Crippen LogP contribution in [0.1, 0.15) is 37.3 Å². The number of para-hydroxylation sites is 1. The molecule has 1 N–H and O–H groups in total. The molecule has 1 aliphatic rings. The monoisotopic (exact) mass is 379 g/mol. The lowest BCUT2D eigenvalue weighted by Crippen LogP contribution is -2.49. The zero-order valence-electron chi connectivity index (χ0n) is 16.9. The lowest BCUT2D eigenvalue weighted by molar-refractivity contribution is -0.126. The highest BCUT2D eigenvalue weighted by Crippen LogP contribution is 2.29. The van der Waals surface area contributed by atoms with E-state index < -0.39 is 6.04 Å². The summed E-state index contributed by atoms with van der Waals surface area (Å²) in [5.74, 6) is -0.0773. The van der Waals surface area contributed by atoms with Gasteiger partial charge in [0, 0.05) is 38.4 Å². The van der Waals surface area contributed by atoms with Crippen LogP contribution in [0.25, 0.3) is 0 Å². The Morgan fingerprint density at radius 3 is 2.50 bits per heavy atom. The van der Waals surface area contributed by atoms with Crippen molar-refractivity contribution in [3.63, 3.8) is 0 Å². The average molecular weight is 380 g/mol. The third-order valence-electron chi connectivity index (χ3n) is 5.28. The molecule has 2 aromatic carbocycles. The molecule has 5 nitrogen and oxygen atoms in total. The molecule has 3 rings (SSSR count). The average Bonchev–Trinajstić information content (AvgIpc) is 2.86. The smallest absolute Gasteiger partial charge is 0.243 e. The van der Waals surface area contributed by atoms with Gasteiger partial charge in [-0.1, -0.05) is 37.3 Å². The Hall–Kier alpha value is -2.82. The Kier molecular flexibility index (Phi) is 6.34. The molecule has 0 aromatic heterocycles. The van der Waals surface area contributed by atoms with E-state index in [0.29, 0.717) is 19.4 Å². The fraction of sp³-hybridized carbons (Fsp3) is 0.391. The van der Waals surface area contributed by atoms with Gasteiger partial charge in [0.15, 0.2) is 0 Å². The summed E-state index contributed by atoms with van der Waals surface area (Å²) in [5.41, 5.74) is 4.17. The molecule has 2 amide bonds. The summed E-state index contributed by atoms with van der Waals surface area (Å²) in [5, 5.41) is 3.02. The third-order valence-corrected chi connectivity index (χ3v) is 5.28. The molecule has 0 unspecified atom stereocenters. The van der Waals surface area contributed by atoms with Crippen LogP contribution in [-0.4, -0.2) is 32.0 Å². The summed E-state index contributed by atoms with van der Waals surface area (Å²) in [4.78, 5) is 29.5. The third kappa shape index (κ3) is 4.35. The van der Waals surface area contributed by atoms with Crippen LogP contribution in [0.2, 0.25) is 0 Å². The largest absolute Gasteiger partial charge is 0.378 e. The molecule has 1 aliphatic heterocycles. The summed E-state index contributed by atoms with van der Waals surface area (Å²) < 4.78 is 0. The number of rotatable bonds is 6. The number of nitrogens with zero attached hydrogens (tertiary/aromatic N) is 2. The first-order valence-electron chi connectivity index (χ1n) is 9.95. The molecule has 0 aliphatic carbocycles. The van der Waals surface area contributed by atoms with Gasteiger partial charge >= 0.3 is 0 Å². The molecule has 0 radical (unpaired) electrons. The molecule has 0 fully saturated rings. The van der Waals surface area contributed by atoms with Crippen molar-refractivity contribution in [3.8, 4) is 0 Å². The quantitative estimate of drug-likeness (QED) is 0.836. The second kappa shape index (κ2) is 8.91. The molecule has 1 heterocycles. The number of hydrogen-bond acceptors (Lipinski definition) is 3. The van der Waals surface area contributed by atoms with Gasteiger partial charge in [0.2, 0.25) is 11.8 Å². The number of benzene rings is 2. The van der Waals surface area contributed by atoms with Crippen LogP contribution in [0.4, 0.5) is 11.4 Å². The Morgan fingerprint density at radius 1 is 1.11 bits per heavy atom. The molecule has 2 aromatic rings. The van der Waals surface area contributed by atoms with Gasteiger partial charge in [0.25, 0.3) is 0 Å². The Balaban J connectivity index is 1.75. The number of carbonyl (C=O) groups excluding carboxylic acids is 2. The normalized spacial score (nSPS) is 14.8. The topological polar surface area (TPSA) is 52.7 Å². The van der Waals surface area contributed by atoms with E-state index in [1.54, 1.807) is 4.90 Å². The van der Waals surface area contributed by atoms with Crippen molar-refractivity contribution < 1.29 is 9.59 Å². The van der Waals surface area contributed by atoms with Crippen molar-refractivity contribution >= 4 is 23.2 Å². The van der Waals surface area contributed by atoms with E-state index in [1.165, 1.54) is 0 Å². The van der Waals surface area contributed by atoms with E-state index in [4.69, 9.17) is 0 Å². The molecule has 1 atom stereocenters. The van der Waals surface area contributed by atoms with Crippen molar-refractivity contribution in [3.05, 3.63) is 59.7 Å². The van der Waals surface area contributed by atoms with Crippen LogP contribution >= 0.6 is 0 Å². The maximum absolute atomic E-state index is 13.0. The number of anilines is 2. The Morgan fingerprint density at radius 2 is 1.82 bits per heavy atom. The Labute approximate surface area is 167 Å². The van der Waals surface area contributed by atoms with Gasteiger partial charge in [-0.3, -0.25) is 14.5 Å². The van der Waals surface area contributed by atoms with Crippen LogP contribution in [0.5, 0.6) is 0 Å². The van der Waals surface area contributed by atoms with Crippen molar-refractivity contribution in [2.24, 2.45) is 0 Å². The van der Waals surface area contributed by atoms with E-state index >= 15 is 0 Å². The highest BCUT2D eigenvalue weighted by molar-refractivity contribution is 6.01. The van der Waals surface area contributed by atoms with Gasteiger partial charge in [0.1, 0.15) is 6.04 Å². The van der Waals surface area contributed by atoms with Crippen molar-refractivity contribution in [1.29, 1.82) is 0 Å². The molecule has 28 heavy (non-hydrogen) atoms. The van der Waals surface area contributed by atoms with Gasteiger partial charge in [-0.2, -0.15) is 0 Å². The van der Waals surface area contributed by atoms with Gasteiger partial charge in [-0.05, 0) is 48.6 Å².